The molecule has 0 spiro atoms. The zero-order valence-corrected chi connectivity index (χ0v) is 10.5. The van der Waals surface area contributed by atoms with Gasteiger partial charge in [0.15, 0.2) is 0 Å². The molecule has 1 unspecified atom stereocenters. The first kappa shape index (κ1) is 12.5. The summed E-state index contributed by atoms with van der Waals surface area (Å²) in [6.07, 6.45) is 4.17. The SMILES string of the molecule is CCCNCCC(C)n1cc(Cl)c(C)n1. The van der Waals surface area contributed by atoms with E-state index in [1.54, 1.807) is 0 Å². The van der Waals surface area contributed by atoms with Crippen molar-refractivity contribution in [3.8, 4) is 0 Å². The minimum atomic E-state index is 0.403. The van der Waals surface area contributed by atoms with Crippen LogP contribution in [0.5, 0.6) is 0 Å². The highest BCUT2D eigenvalue weighted by atomic mass is 35.5. The van der Waals surface area contributed by atoms with Crippen LogP contribution >= 0.6 is 11.6 Å². The molecule has 1 atom stereocenters. The maximum atomic E-state index is 5.96. The average molecular weight is 230 g/mol. The number of hydrogen-bond acceptors (Lipinski definition) is 2. The van der Waals surface area contributed by atoms with E-state index in [1.807, 2.05) is 17.8 Å². The summed E-state index contributed by atoms with van der Waals surface area (Å²) < 4.78 is 1.95. The van der Waals surface area contributed by atoms with Gasteiger partial charge in [0.2, 0.25) is 0 Å². The van der Waals surface area contributed by atoms with Crippen molar-refractivity contribution in [1.82, 2.24) is 15.1 Å². The average Bonchev–Trinajstić information content (AvgIpc) is 2.54. The van der Waals surface area contributed by atoms with Gasteiger partial charge in [0.25, 0.3) is 0 Å². The molecule has 0 aliphatic carbocycles. The molecule has 0 aliphatic rings. The molecular weight excluding hydrogens is 210 g/mol. The fourth-order valence-corrected chi connectivity index (χ4v) is 1.57. The minimum absolute atomic E-state index is 0.403. The summed E-state index contributed by atoms with van der Waals surface area (Å²) in [5, 5.41) is 8.50. The highest BCUT2D eigenvalue weighted by Gasteiger charge is 2.08. The molecule has 4 heteroatoms. The summed E-state index contributed by atoms with van der Waals surface area (Å²) in [7, 11) is 0. The maximum absolute atomic E-state index is 5.96. The highest BCUT2D eigenvalue weighted by Crippen LogP contribution is 2.17. The van der Waals surface area contributed by atoms with Gasteiger partial charge in [0.1, 0.15) is 0 Å². The first-order valence-corrected chi connectivity index (χ1v) is 5.95. The van der Waals surface area contributed by atoms with Gasteiger partial charge in [-0.2, -0.15) is 5.10 Å². The van der Waals surface area contributed by atoms with E-state index in [9.17, 15) is 0 Å². The van der Waals surface area contributed by atoms with Gasteiger partial charge in [-0.1, -0.05) is 18.5 Å². The first-order valence-electron chi connectivity index (χ1n) is 5.57. The van der Waals surface area contributed by atoms with Gasteiger partial charge in [-0.3, -0.25) is 4.68 Å². The van der Waals surface area contributed by atoms with E-state index >= 15 is 0 Å². The van der Waals surface area contributed by atoms with E-state index in [0.717, 1.165) is 30.2 Å². The van der Waals surface area contributed by atoms with Crippen molar-refractivity contribution in [3.63, 3.8) is 0 Å². The monoisotopic (exact) mass is 229 g/mol. The number of halogens is 1. The molecule has 1 aromatic rings. The molecule has 0 saturated heterocycles. The van der Waals surface area contributed by atoms with Crippen molar-refractivity contribution in [2.24, 2.45) is 0 Å². The summed E-state index contributed by atoms with van der Waals surface area (Å²) in [5.74, 6) is 0. The van der Waals surface area contributed by atoms with Crippen LogP contribution in [0.15, 0.2) is 6.20 Å². The second kappa shape index (κ2) is 6.13. The standard InChI is InChI=1S/C11H20ClN3/c1-4-6-13-7-5-9(2)15-8-11(12)10(3)14-15/h8-9,13H,4-7H2,1-3H3. The molecule has 0 aliphatic heterocycles. The molecule has 1 rings (SSSR count). The van der Waals surface area contributed by atoms with Gasteiger partial charge in [-0.05, 0) is 39.8 Å². The molecule has 1 N–H and O–H groups in total. The van der Waals surface area contributed by atoms with Gasteiger partial charge >= 0.3 is 0 Å². The number of aryl methyl sites for hydroxylation is 1. The Morgan fingerprint density at radius 3 is 2.80 bits per heavy atom. The molecule has 1 aromatic heterocycles. The molecule has 3 nitrogen and oxygen atoms in total. The van der Waals surface area contributed by atoms with E-state index in [2.05, 4.69) is 24.3 Å². The zero-order valence-electron chi connectivity index (χ0n) is 9.76. The van der Waals surface area contributed by atoms with Crippen LogP contribution in [0.1, 0.15) is 38.4 Å². The summed E-state index contributed by atoms with van der Waals surface area (Å²) in [6, 6.07) is 0.403. The predicted octanol–water partition coefficient (Wildman–Crippen LogP) is 2.80. The van der Waals surface area contributed by atoms with Crippen LogP contribution in [0, 0.1) is 6.92 Å². The van der Waals surface area contributed by atoms with E-state index in [-0.39, 0.29) is 0 Å². The molecule has 86 valence electrons. The maximum Gasteiger partial charge on any atom is 0.0815 e. The number of rotatable bonds is 6. The topological polar surface area (TPSA) is 29.9 Å². The summed E-state index contributed by atoms with van der Waals surface area (Å²) in [4.78, 5) is 0. The van der Waals surface area contributed by atoms with Crippen LogP contribution in [0.3, 0.4) is 0 Å². The van der Waals surface area contributed by atoms with Crippen LogP contribution in [-0.2, 0) is 0 Å². The fourth-order valence-electron chi connectivity index (χ4n) is 1.43. The van der Waals surface area contributed by atoms with E-state index in [4.69, 9.17) is 11.6 Å². The lowest BCUT2D eigenvalue weighted by Gasteiger charge is -2.12. The lowest BCUT2D eigenvalue weighted by Crippen LogP contribution is -2.19. The molecular formula is C11H20ClN3. The number of hydrogen-bond donors (Lipinski definition) is 1. The second-order valence-corrected chi connectivity index (χ2v) is 4.34. The number of nitrogens with zero attached hydrogens (tertiary/aromatic N) is 2. The van der Waals surface area contributed by atoms with Crippen LogP contribution in [-0.4, -0.2) is 22.9 Å². The largest absolute Gasteiger partial charge is 0.317 e. The van der Waals surface area contributed by atoms with Gasteiger partial charge in [0, 0.05) is 6.20 Å². The Morgan fingerprint density at radius 1 is 1.53 bits per heavy atom. The molecule has 0 fully saturated rings. The lowest BCUT2D eigenvalue weighted by atomic mass is 10.2. The van der Waals surface area contributed by atoms with E-state index < -0.39 is 0 Å². The lowest BCUT2D eigenvalue weighted by molar-refractivity contribution is 0.442. The molecule has 0 amide bonds. The van der Waals surface area contributed by atoms with Crippen molar-refractivity contribution in [2.45, 2.75) is 39.7 Å². The van der Waals surface area contributed by atoms with Crippen molar-refractivity contribution in [2.75, 3.05) is 13.1 Å². The van der Waals surface area contributed by atoms with Gasteiger partial charge in [-0.25, -0.2) is 0 Å². The van der Waals surface area contributed by atoms with Crippen molar-refractivity contribution >= 4 is 11.6 Å². The van der Waals surface area contributed by atoms with Crippen molar-refractivity contribution < 1.29 is 0 Å². The number of aromatic nitrogens is 2. The third-order valence-electron chi connectivity index (χ3n) is 2.47. The highest BCUT2D eigenvalue weighted by molar-refractivity contribution is 6.31. The Kier molecular flexibility index (Phi) is 5.12. The van der Waals surface area contributed by atoms with Crippen molar-refractivity contribution in [3.05, 3.63) is 16.9 Å². The smallest absolute Gasteiger partial charge is 0.0815 e. The zero-order chi connectivity index (χ0) is 11.3. The van der Waals surface area contributed by atoms with E-state index in [0.29, 0.717) is 6.04 Å². The molecule has 15 heavy (non-hydrogen) atoms. The van der Waals surface area contributed by atoms with Crippen LogP contribution in [0.25, 0.3) is 0 Å². The second-order valence-electron chi connectivity index (χ2n) is 3.93. The van der Waals surface area contributed by atoms with Gasteiger partial charge < -0.3 is 5.32 Å². The Balaban J connectivity index is 2.36. The fraction of sp³-hybridized carbons (Fsp3) is 0.727. The first-order chi connectivity index (χ1) is 7.15. The quantitative estimate of drug-likeness (QED) is 0.761. The molecule has 0 radical (unpaired) electrons. The molecule has 0 aromatic carbocycles. The molecule has 0 bridgehead atoms. The normalized spacial score (nSPS) is 13.1. The predicted molar refractivity (Wildman–Crippen MR) is 64.5 cm³/mol. The van der Waals surface area contributed by atoms with Crippen LogP contribution in [0.2, 0.25) is 5.02 Å². The van der Waals surface area contributed by atoms with Crippen LogP contribution < -0.4 is 5.32 Å². The van der Waals surface area contributed by atoms with Gasteiger partial charge in [-0.15, -0.1) is 0 Å². The summed E-state index contributed by atoms with van der Waals surface area (Å²) >= 11 is 5.96. The molecule has 1 heterocycles. The van der Waals surface area contributed by atoms with Crippen molar-refractivity contribution in [1.29, 1.82) is 0 Å². The Hall–Kier alpha value is -0.540. The third-order valence-corrected chi connectivity index (χ3v) is 2.85. The third kappa shape index (κ3) is 3.84. The van der Waals surface area contributed by atoms with Gasteiger partial charge in [0.05, 0.1) is 16.8 Å². The minimum Gasteiger partial charge on any atom is -0.317 e. The Bertz CT molecular complexity index is 277. The number of nitrogens with one attached hydrogen (secondary N) is 1. The van der Waals surface area contributed by atoms with Crippen LogP contribution in [0.4, 0.5) is 0 Å². The summed E-state index contributed by atoms with van der Waals surface area (Å²) in [6.45, 7) is 8.39. The summed E-state index contributed by atoms with van der Waals surface area (Å²) in [5.41, 5.74) is 0.907. The Labute approximate surface area is 96.8 Å². The van der Waals surface area contributed by atoms with E-state index in [1.165, 1.54) is 6.42 Å². The molecule has 0 saturated carbocycles. The Morgan fingerprint density at radius 2 is 2.27 bits per heavy atom.